The molecule has 2 heterocycles. The van der Waals surface area contributed by atoms with Crippen LogP contribution in [0.4, 0.5) is 0 Å². The number of benzene rings is 1. The molecular weight excluding hydrogens is 264 g/mol. The molecule has 92 valence electrons. The van der Waals surface area contributed by atoms with Gasteiger partial charge in [0.15, 0.2) is 0 Å². The van der Waals surface area contributed by atoms with Crippen LogP contribution < -0.4 is 15.9 Å². The fraction of sp³-hybridized carbons (Fsp3) is 0.400. The smallest absolute Gasteiger partial charge is 0.490 e. The van der Waals surface area contributed by atoms with Crippen LogP contribution in [0.1, 0.15) is 5.56 Å². The highest BCUT2D eigenvalue weighted by molar-refractivity contribution is 6.65. The monoisotopic (exact) mass is 275 g/mol. The molecule has 0 radical (unpaired) electrons. The molecular formula is C10H12BCl2NO3. The van der Waals surface area contributed by atoms with Crippen molar-refractivity contribution in [1.82, 2.24) is 0 Å². The number of hydrogen-bond acceptors (Lipinski definition) is 4. The molecule has 0 saturated carbocycles. The van der Waals surface area contributed by atoms with Gasteiger partial charge in [-0.25, -0.2) is 0 Å². The standard InChI is InChI=1S/C9H7BCl2O3.CH5N/c11-6-3-7(12)9-8-5(6)4-15-10(8)14-2-1-13-9;1-2/h3H,1-2,4H2;2H2,1H3. The van der Waals surface area contributed by atoms with Gasteiger partial charge in [0.1, 0.15) is 12.4 Å². The van der Waals surface area contributed by atoms with Gasteiger partial charge in [0.25, 0.3) is 0 Å². The Balaban J connectivity index is 0.000000514. The molecule has 4 nitrogen and oxygen atoms in total. The fourth-order valence-corrected chi connectivity index (χ4v) is 2.46. The summed E-state index contributed by atoms with van der Waals surface area (Å²) in [5.74, 6) is 0.649. The SMILES string of the molecule is CN.Clc1cc(Cl)c2c3c1COB3OCCO2. The van der Waals surface area contributed by atoms with E-state index in [2.05, 4.69) is 5.73 Å². The molecule has 2 aliphatic heterocycles. The predicted molar refractivity (Wildman–Crippen MR) is 68.2 cm³/mol. The molecule has 0 aromatic heterocycles. The van der Waals surface area contributed by atoms with E-state index in [1.54, 1.807) is 6.07 Å². The Hall–Kier alpha value is -0.455. The third-order valence-electron chi connectivity index (χ3n) is 2.54. The van der Waals surface area contributed by atoms with Crippen LogP contribution in [0, 0.1) is 0 Å². The van der Waals surface area contributed by atoms with Crippen LogP contribution in [0.5, 0.6) is 5.75 Å². The minimum Gasteiger partial charge on any atom is -0.490 e. The van der Waals surface area contributed by atoms with E-state index in [1.165, 1.54) is 7.05 Å². The lowest BCUT2D eigenvalue weighted by Crippen LogP contribution is -2.31. The Morgan fingerprint density at radius 3 is 2.71 bits per heavy atom. The lowest BCUT2D eigenvalue weighted by atomic mass is 9.78. The van der Waals surface area contributed by atoms with Gasteiger partial charge in [0.05, 0.1) is 18.2 Å². The summed E-state index contributed by atoms with van der Waals surface area (Å²) in [5.41, 5.74) is 6.27. The van der Waals surface area contributed by atoms with Gasteiger partial charge in [-0.2, -0.15) is 0 Å². The average molecular weight is 276 g/mol. The van der Waals surface area contributed by atoms with Crippen LogP contribution >= 0.6 is 23.2 Å². The first-order valence-electron chi connectivity index (χ1n) is 5.22. The zero-order chi connectivity index (χ0) is 12.4. The second kappa shape index (κ2) is 5.46. The molecule has 3 rings (SSSR count). The van der Waals surface area contributed by atoms with Crippen LogP contribution in [0.15, 0.2) is 6.07 Å². The van der Waals surface area contributed by atoms with Gasteiger partial charge in [-0.3, -0.25) is 0 Å². The quantitative estimate of drug-likeness (QED) is 0.723. The van der Waals surface area contributed by atoms with Crippen molar-refractivity contribution in [1.29, 1.82) is 0 Å². The Labute approximate surface area is 110 Å². The highest BCUT2D eigenvalue weighted by Gasteiger charge is 2.38. The van der Waals surface area contributed by atoms with Gasteiger partial charge in [0.2, 0.25) is 0 Å². The van der Waals surface area contributed by atoms with Crippen LogP contribution in [-0.4, -0.2) is 27.4 Å². The maximum Gasteiger partial charge on any atom is 0.498 e. The number of hydrogen-bond donors (Lipinski definition) is 1. The zero-order valence-corrected chi connectivity index (χ0v) is 10.8. The first-order valence-corrected chi connectivity index (χ1v) is 5.97. The Morgan fingerprint density at radius 2 is 1.94 bits per heavy atom. The second-order valence-electron chi connectivity index (χ2n) is 3.42. The van der Waals surface area contributed by atoms with Crippen LogP contribution in [-0.2, 0) is 15.9 Å². The lowest BCUT2D eigenvalue weighted by Gasteiger charge is -2.10. The lowest BCUT2D eigenvalue weighted by molar-refractivity contribution is 0.180. The van der Waals surface area contributed by atoms with Gasteiger partial charge in [-0.1, -0.05) is 23.2 Å². The summed E-state index contributed by atoms with van der Waals surface area (Å²) < 4.78 is 16.5. The molecule has 0 bridgehead atoms. The largest absolute Gasteiger partial charge is 0.498 e. The van der Waals surface area contributed by atoms with E-state index >= 15 is 0 Å². The molecule has 1 aromatic rings. The van der Waals surface area contributed by atoms with E-state index in [9.17, 15) is 0 Å². The number of halogens is 2. The van der Waals surface area contributed by atoms with E-state index in [-0.39, 0.29) is 7.12 Å². The van der Waals surface area contributed by atoms with E-state index in [0.717, 1.165) is 11.0 Å². The van der Waals surface area contributed by atoms with E-state index in [4.69, 9.17) is 37.2 Å². The van der Waals surface area contributed by atoms with Gasteiger partial charge in [-0.05, 0) is 18.7 Å². The van der Waals surface area contributed by atoms with Crippen molar-refractivity contribution in [2.45, 2.75) is 6.61 Å². The average Bonchev–Trinajstić information content (AvgIpc) is 2.64. The molecule has 0 spiro atoms. The molecule has 2 aliphatic rings. The van der Waals surface area contributed by atoms with Crippen molar-refractivity contribution in [2.75, 3.05) is 20.3 Å². The summed E-state index contributed by atoms with van der Waals surface area (Å²) in [5, 5.41) is 1.12. The molecule has 0 amide bonds. The highest BCUT2D eigenvalue weighted by atomic mass is 35.5. The van der Waals surface area contributed by atoms with Crippen LogP contribution in [0.3, 0.4) is 0 Å². The Morgan fingerprint density at radius 1 is 1.18 bits per heavy atom. The van der Waals surface area contributed by atoms with Crippen molar-refractivity contribution < 1.29 is 14.0 Å². The van der Waals surface area contributed by atoms with Crippen LogP contribution in [0.25, 0.3) is 0 Å². The summed E-state index contributed by atoms with van der Waals surface area (Å²) >= 11 is 12.1. The molecule has 2 N–H and O–H groups in total. The third kappa shape index (κ3) is 2.26. The highest BCUT2D eigenvalue weighted by Crippen LogP contribution is 2.34. The summed E-state index contributed by atoms with van der Waals surface area (Å²) in [7, 11) is 1.12. The number of nitrogens with two attached hydrogens (primary N) is 1. The number of ether oxygens (including phenoxy) is 1. The Bertz CT molecular complexity index is 431. The van der Waals surface area contributed by atoms with Crippen molar-refractivity contribution in [2.24, 2.45) is 5.73 Å². The first kappa shape index (κ1) is 13.0. The molecule has 0 unspecified atom stereocenters. The van der Waals surface area contributed by atoms with E-state index in [1.807, 2.05) is 0 Å². The molecule has 17 heavy (non-hydrogen) atoms. The van der Waals surface area contributed by atoms with Gasteiger partial charge >= 0.3 is 7.12 Å². The molecule has 0 aliphatic carbocycles. The predicted octanol–water partition coefficient (Wildman–Crippen LogP) is 1.20. The number of rotatable bonds is 0. The second-order valence-corrected chi connectivity index (χ2v) is 4.24. The van der Waals surface area contributed by atoms with Crippen molar-refractivity contribution in [3.8, 4) is 5.75 Å². The maximum absolute atomic E-state index is 6.07. The zero-order valence-electron chi connectivity index (χ0n) is 9.33. The molecule has 7 heteroatoms. The van der Waals surface area contributed by atoms with Crippen molar-refractivity contribution >= 4 is 35.8 Å². The summed E-state index contributed by atoms with van der Waals surface area (Å²) in [6.07, 6.45) is 0. The minimum absolute atomic E-state index is 0.381. The summed E-state index contributed by atoms with van der Waals surface area (Å²) in [4.78, 5) is 0. The van der Waals surface area contributed by atoms with E-state index in [0.29, 0.717) is 35.6 Å². The topological polar surface area (TPSA) is 53.7 Å². The molecule has 1 aromatic carbocycles. The third-order valence-corrected chi connectivity index (χ3v) is 3.16. The molecule has 0 saturated heterocycles. The van der Waals surface area contributed by atoms with Gasteiger partial charge in [0, 0.05) is 10.5 Å². The van der Waals surface area contributed by atoms with Gasteiger partial charge in [-0.15, -0.1) is 0 Å². The van der Waals surface area contributed by atoms with Crippen LogP contribution in [0.2, 0.25) is 10.0 Å². The van der Waals surface area contributed by atoms with Gasteiger partial charge < -0.3 is 19.8 Å². The van der Waals surface area contributed by atoms with Crippen molar-refractivity contribution in [3.63, 3.8) is 0 Å². The normalized spacial score (nSPS) is 16.6. The minimum atomic E-state index is -0.381. The molecule has 0 fully saturated rings. The summed E-state index contributed by atoms with van der Waals surface area (Å²) in [6, 6.07) is 1.69. The first-order chi connectivity index (χ1) is 8.27. The van der Waals surface area contributed by atoms with E-state index < -0.39 is 0 Å². The fourth-order valence-electron chi connectivity index (χ4n) is 1.87. The van der Waals surface area contributed by atoms with Crippen molar-refractivity contribution in [3.05, 3.63) is 21.7 Å². The Kier molecular flexibility index (Phi) is 4.17. The maximum atomic E-state index is 6.07. The molecule has 0 atom stereocenters. The summed E-state index contributed by atoms with van der Waals surface area (Å²) in [6.45, 7) is 1.42.